The summed E-state index contributed by atoms with van der Waals surface area (Å²) in [6, 6.07) is 12.3. The van der Waals surface area contributed by atoms with Gasteiger partial charge in [0.05, 0.1) is 35.5 Å². The Labute approximate surface area is 271 Å². The third kappa shape index (κ3) is 8.45. The van der Waals surface area contributed by atoms with E-state index in [1.165, 1.54) is 41.3 Å². The Kier molecular flexibility index (Phi) is 9.67. The molecule has 48 heavy (non-hydrogen) atoms. The lowest BCUT2D eigenvalue weighted by molar-refractivity contribution is -0.274. The van der Waals surface area contributed by atoms with Gasteiger partial charge in [-0.1, -0.05) is 23.9 Å². The monoisotopic (exact) mass is 690 g/mol. The van der Waals surface area contributed by atoms with Gasteiger partial charge >= 0.3 is 18.6 Å². The van der Waals surface area contributed by atoms with Crippen LogP contribution < -0.4 is 15.0 Å². The first kappa shape index (κ1) is 33.9. The molecule has 4 aromatic rings. The third-order valence-electron chi connectivity index (χ3n) is 6.29. The maximum Gasteiger partial charge on any atom is 0.573 e. The molecular formula is C29H20F6N8O4S. The zero-order valence-corrected chi connectivity index (χ0v) is 25.2. The number of pyridine rings is 1. The summed E-state index contributed by atoms with van der Waals surface area (Å²) in [6.07, 6.45) is -7.29. The van der Waals surface area contributed by atoms with Crippen molar-refractivity contribution in [3.05, 3.63) is 77.7 Å². The number of aromatic nitrogens is 4. The smallest absolute Gasteiger partial charge is 0.404 e. The minimum atomic E-state index is -4.87. The van der Waals surface area contributed by atoms with E-state index in [0.29, 0.717) is 11.1 Å². The zero-order chi connectivity index (χ0) is 34.6. The van der Waals surface area contributed by atoms with E-state index < -0.39 is 43.4 Å². The second-order valence-electron chi connectivity index (χ2n) is 9.87. The van der Waals surface area contributed by atoms with Crippen LogP contribution in [0.2, 0.25) is 0 Å². The second kappa shape index (κ2) is 13.7. The standard InChI is InChI=1S/C29H20F6N8O4S/c1-16-2-3-18(12-46-14-28(30,31)32)22(8-16)43-24(44)13-48-27(43)40-26(45)39-21-6-4-17(9-19(21)10-36)25-38-15-42(41-25)23-7-5-20(11-37-23)47-29(33,34)35/h2-9,11,15H,12-14H2,1H3,(H,39,45). The number of anilines is 2. The van der Waals surface area contributed by atoms with Crippen molar-refractivity contribution in [2.75, 3.05) is 22.6 Å². The summed E-state index contributed by atoms with van der Waals surface area (Å²) in [6.45, 7) is -0.216. The topological polar surface area (TPSA) is 148 Å². The number of amides is 3. The number of alkyl halides is 6. The molecule has 1 fully saturated rings. The number of amidine groups is 1. The molecule has 1 aliphatic heterocycles. The Bertz CT molecular complexity index is 1920. The Balaban J connectivity index is 1.32. The van der Waals surface area contributed by atoms with Gasteiger partial charge in [0.15, 0.2) is 16.8 Å². The Hall–Kier alpha value is -5.48. The lowest BCUT2D eigenvalue weighted by Gasteiger charge is -2.21. The van der Waals surface area contributed by atoms with E-state index >= 15 is 0 Å². The van der Waals surface area contributed by atoms with Crippen LogP contribution in [-0.4, -0.2) is 61.8 Å². The van der Waals surface area contributed by atoms with Crippen molar-refractivity contribution in [3.63, 3.8) is 0 Å². The lowest BCUT2D eigenvalue weighted by Crippen LogP contribution is -2.31. The van der Waals surface area contributed by atoms with Crippen molar-refractivity contribution in [3.8, 4) is 29.0 Å². The minimum Gasteiger partial charge on any atom is -0.404 e. The number of aliphatic imine (C=N–C) groups is 1. The Morgan fingerprint density at radius 2 is 1.90 bits per heavy atom. The van der Waals surface area contributed by atoms with Gasteiger partial charge < -0.3 is 14.8 Å². The number of nitrogens with zero attached hydrogens (tertiary/aromatic N) is 7. The first-order valence-electron chi connectivity index (χ1n) is 13.5. The minimum absolute atomic E-state index is 0.000955. The van der Waals surface area contributed by atoms with E-state index in [-0.39, 0.29) is 45.1 Å². The molecule has 0 aliphatic carbocycles. The number of aryl methyl sites for hydroxylation is 1. The van der Waals surface area contributed by atoms with Crippen molar-refractivity contribution in [1.29, 1.82) is 5.26 Å². The lowest BCUT2D eigenvalue weighted by atomic mass is 10.1. The maximum absolute atomic E-state index is 13.0. The highest BCUT2D eigenvalue weighted by Gasteiger charge is 2.33. The number of nitriles is 1. The molecular weight excluding hydrogens is 670 g/mol. The number of hydrogen-bond acceptors (Lipinski definition) is 9. The predicted octanol–water partition coefficient (Wildman–Crippen LogP) is 6.15. The van der Waals surface area contributed by atoms with Crippen LogP contribution in [-0.2, 0) is 16.1 Å². The molecule has 0 spiro atoms. The van der Waals surface area contributed by atoms with Gasteiger partial charge in [-0.2, -0.15) is 23.4 Å². The number of halogens is 6. The van der Waals surface area contributed by atoms with Gasteiger partial charge in [-0.05, 0) is 48.9 Å². The van der Waals surface area contributed by atoms with E-state index in [2.05, 4.69) is 30.1 Å². The number of carbonyl (C=O) groups excluding carboxylic acids is 2. The first-order valence-corrected chi connectivity index (χ1v) is 14.5. The third-order valence-corrected chi connectivity index (χ3v) is 7.21. The summed E-state index contributed by atoms with van der Waals surface area (Å²) in [5.74, 6) is -0.790. The average molecular weight is 691 g/mol. The van der Waals surface area contributed by atoms with Crippen LogP contribution >= 0.6 is 11.8 Å². The maximum atomic E-state index is 13.0. The van der Waals surface area contributed by atoms with Gasteiger partial charge in [0, 0.05) is 11.1 Å². The van der Waals surface area contributed by atoms with E-state index in [1.807, 2.05) is 6.07 Å². The van der Waals surface area contributed by atoms with Crippen LogP contribution in [0.3, 0.4) is 0 Å². The van der Waals surface area contributed by atoms with Crippen molar-refractivity contribution >= 4 is 40.2 Å². The Morgan fingerprint density at radius 1 is 1.10 bits per heavy atom. The number of hydrogen-bond donors (Lipinski definition) is 1. The summed E-state index contributed by atoms with van der Waals surface area (Å²) in [4.78, 5) is 38.9. The predicted molar refractivity (Wildman–Crippen MR) is 159 cm³/mol. The number of benzene rings is 2. The zero-order valence-electron chi connectivity index (χ0n) is 24.3. The van der Waals surface area contributed by atoms with Crippen LogP contribution in [0.15, 0.2) is 66.0 Å². The number of urea groups is 1. The van der Waals surface area contributed by atoms with Crippen LogP contribution in [0.4, 0.5) is 42.5 Å². The van der Waals surface area contributed by atoms with Gasteiger partial charge in [-0.3, -0.25) is 9.69 Å². The molecule has 1 N–H and O–H groups in total. The Morgan fingerprint density at radius 3 is 2.58 bits per heavy atom. The molecule has 0 bridgehead atoms. The summed E-state index contributed by atoms with van der Waals surface area (Å²) < 4.78 is 84.9. The van der Waals surface area contributed by atoms with Crippen molar-refractivity contribution < 1.29 is 45.4 Å². The number of thioether (sulfide) groups is 1. The largest absolute Gasteiger partial charge is 0.573 e. The molecule has 2 aromatic heterocycles. The molecule has 0 atom stereocenters. The SMILES string of the molecule is Cc1ccc(COCC(F)(F)F)c(N2C(=O)CSC2=NC(=O)Nc2ccc(-c3ncn(-c4ccc(OC(F)(F)F)cn4)n3)cc2C#N)c1. The fraction of sp³-hybridized carbons (Fsp3) is 0.207. The van der Waals surface area contributed by atoms with Crippen LogP contribution in [0, 0.1) is 18.3 Å². The molecule has 12 nitrogen and oxygen atoms in total. The van der Waals surface area contributed by atoms with Crippen LogP contribution in [0.1, 0.15) is 16.7 Å². The molecule has 1 aliphatic rings. The highest BCUT2D eigenvalue weighted by molar-refractivity contribution is 8.15. The fourth-order valence-corrected chi connectivity index (χ4v) is 5.14. The van der Waals surface area contributed by atoms with E-state index in [4.69, 9.17) is 4.74 Å². The van der Waals surface area contributed by atoms with Gasteiger partial charge in [-0.15, -0.1) is 18.3 Å². The summed E-state index contributed by atoms with van der Waals surface area (Å²) in [7, 11) is 0. The van der Waals surface area contributed by atoms with Gasteiger partial charge in [0.1, 0.15) is 24.8 Å². The number of nitrogens with one attached hydrogen (secondary N) is 1. The molecule has 0 unspecified atom stereocenters. The van der Waals surface area contributed by atoms with Crippen LogP contribution in [0.5, 0.6) is 5.75 Å². The average Bonchev–Trinajstić information content (AvgIpc) is 3.64. The van der Waals surface area contributed by atoms with Crippen molar-refractivity contribution in [1.82, 2.24) is 19.7 Å². The van der Waals surface area contributed by atoms with Crippen molar-refractivity contribution in [2.45, 2.75) is 26.1 Å². The van der Waals surface area contributed by atoms with E-state index in [1.54, 1.807) is 19.1 Å². The normalized spacial score (nSPS) is 14.3. The van der Waals surface area contributed by atoms with E-state index in [9.17, 15) is 41.2 Å². The summed E-state index contributed by atoms with van der Waals surface area (Å²) >= 11 is 0.947. The molecule has 2 aromatic carbocycles. The molecule has 3 amide bonds. The molecule has 0 saturated carbocycles. The fourth-order valence-electron chi connectivity index (χ4n) is 4.29. The molecule has 19 heteroatoms. The highest BCUT2D eigenvalue weighted by atomic mass is 32.2. The van der Waals surface area contributed by atoms with Gasteiger partial charge in [-0.25, -0.2) is 19.4 Å². The molecule has 5 rings (SSSR count). The highest BCUT2D eigenvalue weighted by Crippen LogP contribution is 2.32. The molecule has 3 heterocycles. The van der Waals surface area contributed by atoms with E-state index in [0.717, 1.165) is 28.9 Å². The molecule has 0 radical (unpaired) electrons. The number of rotatable bonds is 8. The second-order valence-corrected chi connectivity index (χ2v) is 10.8. The molecule has 1 saturated heterocycles. The number of ether oxygens (including phenoxy) is 2. The summed E-state index contributed by atoms with van der Waals surface area (Å²) in [5, 5.41) is 16.4. The molecule has 248 valence electrons. The summed E-state index contributed by atoms with van der Waals surface area (Å²) in [5.41, 5.74) is 1.60. The van der Waals surface area contributed by atoms with Crippen LogP contribution in [0.25, 0.3) is 17.2 Å². The van der Waals surface area contributed by atoms with Gasteiger partial charge in [0.25, 0.3) is 0 Å². The first-order chi connectivity index (χ1) is 22.7. The van der Waals surface area contributed by atoms with Crippen molar-refractivity contribution in [2.24, 2.45) is 4.99 Å². The number of carbonyl (C=O) groups is 2. The quantitative estimate of drug-likeness (QED) is 0.215. The van der Waals surface area contributed by atoms with Gasteiger partial charge in [0.2, 0.25) is 5.91 Å².